The molecule has 2 amide bonds. The Labute approximate surface area is 139 Å². The summed E-state index contributed by atoms with van der Waals surface area (Å²) in [6.07, 6.45) is 2.22. The van der Waals surface area contributed by atoms with Crippen molar-refractivity contribution in [3.63, 3.8) is 0 Å². The number of rotatable bonds is 4. The van der Waals surface area contributed by atoms with E-state index in [9.17, 15) is 19.5 Å². The summed E-state index contributed by atoms with van der Waals surface area (Å²) in [4.78, 5) is 38.9. The summed E-state index contributed by atoms with van der Waals surface area (Å²) in [6.45, 7) is 0.636. The molecule has 7 nitrogen and oxygen atoms in total. The number of nitrogens with zero attached hydrogens (tertiary/aromatic N) is 2. The molecule has 0 aliphatic carbocycles. The van der Waals surface area contributed by atoms with Gasteiger partial charge in [-0.15, -0.1) is 0 Å². The highest BCUT2D eigenvalue weighted by Gasteiger charge is 2.32. The van der Waals surface area contributed by atoms with E-state index in [2.05, 4.69) is 0 Å². The van der Waals surface area contributed by atoms with Gasteiger partial charge in [-0.25, -0.2) is 4.79 Å². The van der Waals surface area contributed by atoms with Crippen molar-refractivity contribution in [1.82, 2.24) is 4.90 Å². The molecule has 1 saturated heterocycles. The zero-order valence-electron chi connectivity index (χ0n) is 13.3. The van der Waals surface area contributed by atoms with Gasteiger partial charge in [0.1, 0.15) is 11.8 Å². The Kier molecular flexibility index (Phi) is 4.69. The minimum absolute atomic E-state index is 0.0489. The molecule has 2 aliphatic heterocycles. The second kappa shape index (κ2) is 6.90. The van der Waals surface area contributed by atoms with Crippen LogP contribution in [0.25, 0.3) is 0 Å². The second-order valence-electron chi connectivity index (χ2n) is 5.99. The molecule has 0 bridgehead atoms. The van der Waals surface area contributed by atoms with Gasteiger partial charge in [0.15, 0.2) is 6.61 Å². The Hall–Kier alpha value is -2.57. The Morgan fingerprint density at radius 1 is 1.25 bits per heavy atom. The number of likely N-dealkylation sites (tertiary alicyclic amines) is 1. The summed E-state index contributed by atoms with van der Waals surface area (Å²) in [7, 11) is 0. The van der Waals surface area contributed by atoms with Crippen molar-refractivity contribution in [3.05, 3.63) is 24.3 Å². The van der Waals surface area contributed by atoms with Crippen molar-refractivity contribution >= 4 is 23.5 Å². The number of fused-ring (bicyclic) bond motifs is 1. The molecule has 0 aromatic heterocycles. The maximum Gasteiger partial charge on any atom is 0.326 e. The van der Waals surface area contributed by atoms with E-state index in [1.54, 1.807) is 18.2 Å². The third kappa shape index (κ3) is 3.20. The normalized spacial score (nSPS) is 20.3. The number of carboxylic acids is 1. The molecular weight excluding hydrogens is 312 g/mol. The van der Waals surface area contributed by atoms with Crippen LogP contribution in [0.5, 0.6) is 5.75 Å². The van der Waals surface area contributed by atoms with Crippen molar-refractivity contribution < 1.29 is 24.2 Å². The Bertz CT molecular complexity index is 660. The summed E-state index contributed by atoms with van der Waals surface area (Å²) >= 11 is 0. The number of ether oxygens (including phenoxy) is 1. The fourth-order valence-corrected chi connectivity index (χ4v) is 3.24. The Morgan fingerprint density at radius 2 is 2.04 bits per heavy atom. The van der Waals surface area contributed by atoms with Crippen molar-refractivity contribution in [2.45, 2.75) is 31.7 Å². The zero-order chi connectivity index (χ0) is 17.1. The maximum absolute atomic E-state index is 12.5. The molecule has 0 spiro atoms. The minimum atomic E-state index is -0.962. The zero-order valence-corrected chi connectivity index (χ0v) is 13.3. The Balaban J connectivity index is 1.68. The molecular formula is C17H20N2O5. The fourth-order valence-electron chi connectivity index (χ4n) is 3.24. The van der Waals surface area contributed by atoms with E-state index in [1.807, 2.05) is 6.07 Å². The lowest BCUT2D eigenvalue weighted by atomic mass is 10.0. The second-order valence-corrected chi connectivity index (χ2v) is 5.99. The van der Waals surface area contributed by atoms with Crippen LogP contribution < -0.4 is 9.64 Å². The number of anilines is 1. The summed E-state index contributed by atoms with van der Waals surface area (Å²) in [5.41, 5.74) is 0.648. The van der Waals surface area contributed by atoms with Gasteiger partial charge in [0, 0.05) is 19.5 Å². The molecule has 1 aromatic carbocycles. The van der Waals surface area contributed by atoms with Gasteiger partial charge in [0.05, 0.1) is 5.69 Å². The van der Waals surface area contributed by atoms with Gasteiger partial charge in [-0.2, -0.15) is 0 Å². The number of hydrogen-bond acceptors (Lipinski definition) is 4. The lowest BCUT2D eigenvalue weighted by Crippen LogP contribution is -2.49. The average molecular weight is 332 g/mol. The van der Waals surface area contributed by atoms with Crippen molar-refractivity contribution in [3.8, 4) is 5.75 Å². The number of hydrogen-bond donors (Lipinski definition) is 1. The summed E-state index contributed by atoms with van der Waals surface area (Å²) < 4.78 is 5.37. The molecule has 0 radical (unpaired) electrons. The van der Waals surface area contributed by atoms with Crippen LogP contribution in [0, 0.1) is 0 Å². The van der Waals surface area contributed by atoms with Gasteiger partial charge in [-0.3, -0.25) is 9.59 Å². The molecule has 2 heterocycles. The van der Waals surface area contributed by atoms with E-state index in [0.717, 1.165) is 12.8 Å². The maximum atomic E-state index is 12.5. The predicted octanol–water partition coefficient (Wildman–Crippen LogP) is 1.27. The predicted molar refractivity (Wildman–Crippen MR) is 85.9 cm³/mol. The highest BCUT2D eigenvalue weighted by Crippen LogP contribution is 2.31. The van der Waals surface area contributed by atoms with Crippen LogP contribution in [0.4, 0.5) is 5.69 Å². The van der Waals surface area contributed by atoms with Crippen LogP contribution >= 0.6 is 0 Å². The highest BCUT2D eigenvalue weighted by atomic mass is 16.5. The monoisotopic (exact) mass is 332 g/mol. The van der Waals surface area contributed by atoms with E-state index in [0.29, 0.717) is 24.4 Å². The molecule has 1 N–H and O–H groups in total. The van der Waals surface area contributed by atoms with Crippen LogP contribution in [0.15, 0.2) is 24.3 Å². The van der Waals surface area contributed by atoms with Gasteiger partial charge in [0.25, 0.3) is 5.91 Å². The number of piperidine rings is 1. The molecule has 1 atom stereocenters. The number of carboxylic acid groups (broad SMARTS) is 1. The standard InChI is InChI=1S/C17H20N2O5/c20-15(18-9-4-3-6-13(18)17(22)23)8-10-19-12-5-1-2-7-14(12)24-11-16(19)21/h1-2,5,7,13H,3-4,6,8-11H2,(H,22,23). The first-order valence-corrected chi connectivity index (χ1v) is 8.12. The number of benzene rings is 1. The molecule has 1 aromatic rings. The van der Waals surface area contributed by atoms with Gasteiger partial charge in [-0.05, 0) is 31.4 Å². The molecule has 1 unspecified atom stereocenters. The van der Waals surface area contributed by atoms with Crippen molar-refractivity contribution in [2.75, 3.05) is 24.6 Å². The van der Waals surface area contributed by atoms with E-state index in [-0.39, 0.29) is 31.4 Å². The smallest absolute Gasteiger partial charge is 0.326 e. The van der Waals surface area contributed by atoms with Crippen LogP contribution in [-0.2, 0) is 14.4 Å². The summed E-state index contributed by atoms with van der Waals surface area (Å²) in [5, 5.41) is 9.27. The van der Waals surface area contributed by atoms with Gasteiger partial charge >= 0.3 is 5.97 Å². The van der Waals surface area contributed by atoms with Crippen LogP contribution in [-0.4, -0.2) is 53.5 Å². The van der Waals surface area contributed by atoms with E-state index < -0.39 is 12.0 Å². The largest absolute Gasteiger partial charge is 0.482 e. The number of para-hydroxylation sites is 2. The number of carbonyl (C=O) groups excluding carboxylic acids is 2. The molecule has 7 heteroatoms. The highest BCUT2D eigenvalue weighted by molar-refractivity contribution is 5.98. The molecule has 2 aliphatic rings. The quantitative estimate of drug-likeness (QED) is 0.897. The van der Waals surface area contributed by atoms with Crippen molar-refractivity contribution in [1.29, 1.82) is 0 Å². The number of aliphatic carboxylic acids is 1. The SMILES string of the molecule is O=C(O)C1CCCCN1C(=O)CCN1C(=O)COc2ccccc21. The number of carbonyl (C=O) groups is 3. The van der Waals surface area contributed by atoms with Gasteiger partial charge in [-0.1, -0.05) is 12.1 Å². The fraction of sp³-hybridized carbons (Fsp3) is 0.471. The molecule has 0 saturated carbocycles. The topological polar surface area (TPSA) is 87.2 Å². The van der Waals surface area contributed by atoms with Crippen LogP contribution in [0.2, 0.25) is 0 Å². The summed E-state index contributed by atoms with van der Waals surface area (Å²) in [6, 6.07) is 6.43. The van der Waals surface area contributed by atoms with Crippen LogP contribution in [0.3, 0.4) is 0 Å². The molecule has 128 valence electrons. The number of amides is 2. The average Bonchev–Trinajstić information content (AvgIpc) is 2.60. The lowest BCUT2D eigenvalue weighted by Gasteiger charge is -2.34. The molecule has 24 heavy (non-hydrogen) atoms. The first-order valence-electron chi connectivity index (χ1n) is 8.12. The first kappa shape index (κ1) is 16.3. The molecule has 1 fully saturated rings. The van der Waals surface area contributed by atoms with Gasteiger partial charge in [0.2, 0.25) is 5.91 Å². The van der Waals surface area contributed by atoms with Crippen molar-refractivity contribution in [2.24, 2.45) is 0 Å². The third-order valence-corrected chi connectivity index (χ3v) is 4.47. The minimum Gasteiger partial charge on any atom is -0.482 e. The van der Waals surface area contributed by atoms with Crippen LogP contribution in [0.1, 0.15) is 25.7 Å². The van der Waals surface area contributed by atoms with E-state index in [1.165, 1.54) is 9.80 Å². The lowest BCUT2D eigenvalue weighted by molar-refractivity contribution is -0.152. The Morgan fingerprint density at radius 3 is 2.83 bits per heavy atom. The van der Waals surface area contributed by atoms with Gasteiger partial charge < -0.3 is 19.6 Å². The van der Waals surface area contributed by atoms with E-state index >= 15 is 0 Å². The first-order chi connectivity index (χ1) is 11.6. The molecule has 3 rings (SSSR count). The third-order valence-electron chi connectivity index (χ3n) is 4.47. The summed E-state index contributed by atoms with van der Waals surface area (Å²) in [5.74, 6) is -0.768. The van der Waals surface area contributed by atoms with E-state index in [4.69, 9.17) is 4.74 Å².